The van der Waals surface area contributed by atoms with Gasteiger partial charge in [-0.2, -0.15) is 0 Å². The SMILES string of the molecule is O=S1(=O)C=CC(NC2CCc3cc(F)ccc32)C1. The first-order valence-corrected chi connectivity index (χ1v) is 7.70. The predicted molar refractivity (Wildman–Crippen MR) is 67.3 cm³/mol. The first kappa shape index (κ1) is 11.9. The zero-order valence-electron chi connectivity index (χ0n) is 9.77. The van der Waals surface area contributed by atoms with E-state index in [-0.39, 0.29) is 23.7 Å². The van der Waals surface area contributed by atoms with E-state index in [1.54, 1.807) is 18.2 Å². The maximum absolute atomic E-state index is 13.1. The summed E-state index contributed by atoms with van der Waals surface area (Å²) in [6, 6.07) is 4.82. The smallest absolute Gasteiger partial charge is 0.173 e. The van der Waals surface area contributed by atoms with Crippen LogP contribution in [0.3, 0.4) is 0 Å². The second-order valence-corrected chi connectivity index (χ2v) is 6.80. The largest absolute Gasteiger partial charge is 0.303 e. The van der Waals surface area contributed by atoms with Crippen molar-refractivity contribution < 1.29 is 12.8 Å². The second-order valence-electron chi connectivity index (χ2n) is 4.87. The number of halogens is 1. The fourth-order valence-electron chi connectivity index (χ4n) is 2.70. The van der Waals surface area contributed by atoms with E-state index < -0.39 is 9.84 Å². The molecule has 18 heavy (non-hydrogen) atoms. The summed E-state index contributed by atoms with van der Waals surface area (Å²) in [6.45, 7) is 0. The van der Waals surface area contributed by atoms with Crippen molar-refractivity contribution in [2.24, 2.45) is 0 Å². The van der Waals surface area contributed by atoms with Crippen LogP contribution in [0.1, 0.15) is 23.6 Å². The van der Waals surface area contributed by atoms with Crippen molar-refractivity contribution in [2.75, 3.05) is 5.75 Å². The van der Waals surface area contributed by atoms with Gasteiger partial charge in [0.2, 0.25) is 0 Å². The predicted octanol–water partition coefficient (Wildman–Crippen LogP) is 1.71. The zero-order valence-corrected chi connectivity index (χ0v) is 10.6. The van der Waals surface area contributed by atoms with E-state index in [1.165, 1.54) is 11.5 Å². The molecule has 5 heteroatoms. The van der Waals surface area contributed by atoms with Gasteiger partial charge in [-0.25, -0.2) is 12.8 Å². The number of rotatable bonds is 2. The van der Waals surface area contributed by atoms with E-state index in [4.69, 9.17) is 0 Å². The number of hydrogen-bond donors (Lipinski definition) is 1. The summed E-state index contributed by atoms with van der Waals surface area (Å²) in [4.78, 5) is 0. The molecule has 0 spiro atoms. The first-order chi connectivity index (χ1) is 8.53. The van der Waals surface area contributed by atoms with Crippen molar-refractivity contribution >= 4 is 9.84 Å². The van der Waals surface area contributed by atoms with Gasteiger partial charge in [-0.05, 0) is 36.1 Å². The van der Waals surface area contributed by atoms with Gasteiger partial charge >= 0.3 is 0 Å². The van der Waals surface area contributed by atoms with Crippen LogP contribution < -0.4 is 5.32 Å². The Balaban J connectivity index is 1.76. The van der Waals surface area contributed by atoms with Crippen LogP contribution in [-0.4, -0.2) is 20.2 Å². The van der Waals surface area contributed by atoms with Crippen LogP contribution >= 0.6 is 0 Å². The van der Waals surface area contributed by atoms with E-state index in [0.717, 1.165) is 24.0 Å². The minimum absolute atomic E-state index is 0.125. The molecule has 2 aliphatic rings. The molecule has 1 aliphatic carbocycles. The molecule has 3 rings (SSSR count). The molecule has 1 heterocycles. The molecule has 0 saturated carbocycles. The van der Waals surface area contributed by atoms with Crippen molar-refractivity contribution in [2.45, 2.75) is 24.9 Å². The molecule has 0 amide bonds. The third-order valence-electron chi connectivity index (χ3n) is 3.53. The molecule has 0 radical (unpaired) electrons. The van der Waals surface area contributed by atoms with Gasteiger partial charge in [-0.1, -0.05) is 12.1 Å². The summed E-state index contributed by atoms with van der Waals surface area (Å²) in [7, 11) is -3.02. The minimum Gasteiger partial charge on any atom is -0.303 e. The highest BCUT2D eigenvalue weighted by Gasteiger charge is 2.28. The molecule has 1 aromatic carbocycles. The Hall–Kier alpha value is -1.20. The Morgan fingerprint density at radius 3 is 2.89 bits per heavy atom. The van der Waals surface area contributed by atoms with Crippen molar-refractivity contribution in [1.29, 1.82) is 0 Å². The van der Waals surface area contributed by atoms with Gasteiger partial charge in [-0.15, -0.1) is 0 Å². The van der Waals surface area contributed by atoms with E-state index in [9.17, 15) is 12.8 Å². The lowest BCUT2D eigenvalue weighted by molar-refractivity contribution is 0.501. The maximum Gasteiger partial charge on any atom is 0.173 e. The number of sulfone groups is 1. The molecule has 0 bridgehead atoms. The normalized spacial score (nSPS) is 28.5. The molecular formula is C13H14FNO2S. The average molecular weight is 267 g/mol. The summed E-state index contributed by atoms with van der Waals surface area (Å²) in [5, 5.41) is 4.59. The number of hydrogen-bond acceptors (Lipinski definition) is 3. The quantitative estimate of drug-likeness (QED) is 0.887. The first-order valence-electron chi connectivity index (χ1n) is 5.99. The van der Waals surface area contributed by atoms with E-state index in [1.807, 2.05) is 0 Å². The van der Waals surface area contributed by atoms with Crippen LogP contribution in [-0.2, 0) is 16.3 Å². The fourth-order valence-corrected chi connectivity index (χ4v) is 3.95. The Bertz CT molecular complexity index is 609. The fraction of sp³-hybridized carbons (Fsp3) is 0.385. The van der Waals surface area contributed by atoms with Crippen LogP contribution in [0.15, 0.2) is 29.7 Å². The molecule has 0 fully saturated rings. The molecule has 1 aromatic rings. The Labute approximate surface area is 106 Å². The maximum atomic E-state index is 13.1. The molecule has 0 aromatic heterocycles. The molecule has 0 saturated heterocycles. The summed E-state index contributed by atoms with van der Waals surface area (Å²) in [5.74, 6) is -0.0854. The van der Waals surface area contributed by atoms with Crippen molar-refractivity contribution in [3.05, 3.63) is 46.6 Å². The summed E-state index contributed by atoms with van der Waals surface area (Å²) in [6.07, 6.45) is 3.42. The van der Waals surface area contributed by atoms with Gasteiger partial charge in [0.1, 0.15) is 5.82 Å². The topological polar surface area (TPSA) is 46.2 Å². The Morgan fingerprint density at radius 1 is 1.33 bits per heavy atom. The van der Waals surface area contributed by atoms with Crippen LogP contribution in [0.25, 0.3) is 0 Å². The lowest BCUT2D eigenvalue weighted by atomic mass is 10.1. The van der Waals surface area contributed by atoms with Crippen LogP contribution in [0.5, 0.6) is 0 Å². The van der Waals surface area contributed by atoms with Gasteiger partial charge in [0.15, 0.2) is 9.84 Å². The Kier molecular flexibility index (Phi) is 2.75. The van der Waals surface area contributed by atoms with Crippen molar-refractivity contribution in [3.63, 3.8) is 0 Å². The Morgan fingerprint density at radius 2 is 2.17 bits per heavy atom. The summed E-state index contributed by atoms with van der Waals surface area (Å²) in [5.41, 5.74) is 2.12. The van der Waals surface area contributed by atoms with Crippen LogP contribution in [0.4, 0.5) is 4.39 Å². The van der Waals surface area contributed by atoms with E-state index >= 15 is 0 Å². The third-order valence-corrected chi connectivity index (χ3v) is 4.92. The van der Waals surface area contributed by atoms with Crippen LogP contribution in [0, 0.1) is 5.82 Å². The highest BCUT2D eigenvalue weighted by molar-refractivity contribution is 7.94. The van der Waals surface area contributed by atoms with Gasteiger partial charge in [0.25, 0.3) is 0 Å². The zero-order chi connectivity index (χ0) is 12.8. The second kappa shape index (κ2) is 4.17. The lowest BCUT2D eigenvalue weighted by Gasteiger charge is -2.18. The molecule has 2 atom stereocenters. The highest BCUT2D eigenvalue weighted by Crippen LogP contribution is 2.32. The van der Waals surface area contributed by atoms with Gasteiger partial charge < -0.3 is 5.32 Å². The molecular weight excluding hydrogens is 253 g/mol. The van der Waals surface area contributed by atoms with Crippen molar-refractivity contribution in [3.8, 4) is 0 Å². The number of aryl methyl sites for hydroxylation is 1. The third kappa shape index (κ3) is 2.20. The number of nitrogens with one attached hydrogen (secondary N) is 1. The van der Waals surface area contributed by atoms with Gasteiger partial charge in [-0.3, -0.25) is 0 Å². The van der Waals surface area contributed by atoms with Crippen molar-refractivity contribution in [1.82, 2.24) is 5.32 Å². The summed E-state index contributed by atoms with van der Waals surface area (Å²) < 4.78 is 35.7. The van der Waals surface area contributed by atoms with Gasteiger partial charge in [0, 0.05) is 17.5 Å². The number of fused-ring (bicyclic) bond motifs is 1. The molecule has 1 N–H and O–H groups in total. The molecule has 1 aliphatic heterocycles. The molecule has 96 valence electrons. The molecule has 3 nitrogen and oxygen atoms in total. The van der Waals surface area contributed by atoms with E-state index in [0.29, 0.717) is 0 Å². The average Bonchev–Trinajstić information content (AvgIpc) is 2.83. The standard InChI is InChI=1S/C13H14FNO2S/c14-10-2-3-12-9(7-10)1-4-13(12)15-11-5-6-18(16,17)8-11/h2-3,5-7,11,13,15H,1,4,8H2. The highest BCUT2D eigenvalue weighted by atomic mass is 32.2. The minimum atomic E-state index is -3.02. The number of benzene rings is 1. The van der Waals surface area contributed by atoms with Gasteiger partial charge in [0.05, 0.1) is 5.75 Å². The summed E-state index contributed by atoms with van der Waals surface area (Å²) >= 11 is 0. The van der Waals surface area contributed by atoms with Crippen LogP contribution in [0.2, 0.25) is 0 Å². The monoisotopic (exact) mass is 267 g/mol. The lowest BCUT2D eigenvalue weighted by Crippen LogP contribution is -2.32. The molecule has 2 unspecified atom stereocenters. The van der Waals surface area contributed by atoms with E-state index in [2.05, 4.69) is 5.32 Å².